The molecule has 0 radical (unpaired) electrons. The van der Waals surface area contributed by atoms with E-state index in [2.05, 4.69) is 50.3 Å². The first-order chi connectivity index (χ1) is 26.9. The number of carbonyl (C=O) groups excluding carboxylic acids is 1. The average Bonchev–Trinajstić information content (AvgIpc) is 3.17. The Morgan fingerprint density at radius 3 is 1.53 bits per heavy atom. The number of esters is 1. The van der Waals surface area contributed by atoms with E-state index in [1.54, 1.807) is 0 Å². The highest BCUT2D eigenvalue weighted by Gasteiger charge is 2.25. The molecule has 0 saturated carbocycles. The second kappa shape index (κ2) is 43.8. The smallest absolute Gasteiger partial charge is 0.457 e. The Kier molecular flexibility index (Phi) is 42.8. The molecule has 0 saturated heterocycles. The van der Waals surface area contributed by atoms with E-state index in [-0.39, 0.29) is 32.3 Å². The zero-order valence-electron chi connectivity index (χ0n) is 35.9. The van der Waals surface area contributed by atoms with Crippen LogP contribution >= 0.6 is 7.82 Å². The van der Waals surface area contributed by atoms with Crippen molar-refractivity contribution in [2.24, 2.45) is 5.73 Å². The van der Waals surface area contributed by atoms with Crippen molar-refractivity contribution in [2.75, 3.05) is 33.0 Å². The molecular weight excluding hydrogens is 709 g/mol. The van der Waals surface area contributed by atoms with E-state index in [1.807, 2.05) is 0 Å². The number of phosphoric ester groups is 1. The Morgan fingerprint density at radius 1 is 0.564 bits per heavy atom. The molecule has 9 heteroatoms. The molecular formula is C46H88NO7P. The lowest BCUT2D eigenvalue weighted by Crippen LogP contribution is -2.28. The van der Waals surface area contributed by atoms with Gasteiger partial charge in [-0.2, -0.15) is 0 Å². The molecule has 0 aliphatic heterocycles. The van der Waals surface area contributed by atoms with Gasteiger partial charge in [-0.15, -0.1) is 0 Å². The summed E-state index contributed by atoms with van der Waals surface area (Å²) in [6.45, 7) is 4.83. The molecule has 0 aromatic carbocycles. The van der Waals surface area contributed by atoms with Crippen LogP contribution in [0.2, 0.25) is 0 Å². The highest BCUT2D eigenvalue weighted by molar-refractivity contribution is 7.47. The van der Waals surface area contributed by atoms with Crippen molar-refractivity contribution in [1.82, 2.24) is 0 Å². The monoisotopic (exact) mass is 798 g/mol. The largest absolute Gasteiger partial charge is 0.472 e. The fourth-order valence-corrected chi connectivity index (χ4v) is 7.25. The summed E-state index contributed by atoms with van der Waals surface area (Å²) in [5, 5.41) is 0. The summed E-state index contributed by atoms with van der Waals surface area (Å²) in [5.41, 5.74) is 5.38. The maximum Gasteiger partial charge on any atom is 0.472 e. The number of ether oxygens (including phenoxy) is 2. The number of carbonyl (C=O) groups is 1. The Balaban J connectivity index is 3.98. The third kappa shape index (κ3) is 43.7. The molecule has 55 heavy (non-hydrogen) atoms. The summed E-state index contributed by atoms with van der Waals surface area (Å²) in [6, 6.07) is 0. The third-order valence-corrected chi connectivity index (χ3v) is 10.8. The normalized spacial score (nSPS) is 13.7. The zero-order valence-corrected chi connectivity index (χ0v) is 36.8. The highest BCUT2D eigenvalue weighted by atomic mass is 31.2. The number of phosphoric acid groups is 1. The fourth-order valence-electron chi connectivity index (χ4n) is 6.48. The van der Waals surface area contributed by atoms with Crippen molar-refractivity contribution in [2.45, 2.75) is 219 Å². The van der Waals surface area contributed by atoms with Crippen LogP contribution < -0.4 is 5.73 Å². The van der Waals surface area contributed by atoms with Crippen LogP contribution in [0.25, 0.3) is 0 Å². The topological polar surface area (TPSA) is 117 Å². The van der Waals surface area contributed by atoms with Gasteiger partial charge in [-0.05, 0) is 44.9 Å². The van der Waals surface area contributed by atoms with E-state index in [0.29, 0.717) is 13.0 Å². The van der Waals surface area contributed by atoms with Gasteiger partial charge < -0.3 is 20.1 Å². The molecule has 324 valence electrons. The van der Waals surface area contributed by atoms with Crippen molar-refractivity contribution in [3.05, 3.63) is 36.5 Å². The summed E-state index contributed by atoms with van der Waals surface area (Å²) >= 11 is 0. The van der Waals surface area contributed by atoms with Crippen LogP contribution in [0.1, 0.15) is 213 Å². The molecule has 2 atom stereocenters. The molecule has 0 aromatic heterocycles. The van der Waals surface area contributed by atoms with E-state index >= 15 is 0 Å². The molecule has 0 heterocycles. The van der Waals surface area contributed by atoms with E-state index in [1.165, 1.54) is 135 Å². The Morgan fingerprint density at radius 2 is 1.02 bits per heavy atom. The number of rotatable bonds is 44. The molecule has 0 aromatic rings. The maximum absolute atomic E-state index is 12.6. The van der Waals surface area contributed by atoms with Gasteiger partial charge in [0.2, 0.25) is 0 Å². The summed E-state index contributed by atoms with van der Waals surface area (Å²) in [6.07, 6.45) is 50.2. The predicted molar refractivity (Wildman–Crippen MR) is 233 cm³/mol. The fraction of sp³-hybridized carbons (Fsp3) is 0.848. The van der Waals surface area contributed by atoms with E-state index < -0.39 is 13.9 Å². The van der Waals surface area contributed by atoms with E-state index in [4.69, 9.17) is 24.3 Å². The summed E-state index contributed by atoms with van der Waals surface area (Å²) in [7, 11) is -4.28. The number of hydrogen-bond donors (Lipinski definition) is 2. The second-order valence-corrected chi connectivity index (χ2v) is 16.7. The third-order valence-electron chi connectivity index (χ3n) is 9.82. The van der Waals surface area contributed by atoms with Gasteiger partial charge in [-0.1, -0.05) is 198 Å². The first-order valence-electron chi connectivity index (χ1n) is 23.0. The molecule has 8 nitrogen and oxygen atoms in total. The van der Waals surface area contributed by atoms with Crippen molar-refractivity contribution in [1.29, 1.82) is 0 Å². The van der Waals surface area contributed by atoms with Gasteiger partial charge >= 0.3 is 13.8 Å². The lowest BCUT2D eigenvalue weighted by molar-refractivity contribution is -0.154. The molecule has 3 N–H and O–H groups in total. The van der Waals surface area contributed by atoms with Gasteiger partial charge in [0.05, 0.1) is 19.8 Å². The second-order valence-electron chi connectivity index (χ2n) is 15.2. The van der Waals surface area contributed by atoms with Gasteiger partial charge in [0.25, 0.3) is 0 Å². The van der Waals surface area contributed by atoms with Gasteiger partial charge in [0, 0.05) is 19.6 Å². The molecule has 0 bridgehead atoms. The highest BCUT2D eigenvalue weighted by Crippen LogP contribution is 2.43. The molecule has 2 unspecified atom stereocenters. The van der Waals surface area contributed by atoms with Gasteiger partial charge in [-0.3, -0.25) is 13.8 Å². The van der Waals surface area contributed by atoms with Crippen LogP contribution in [0.15, 0.2) is 36.5 Å². The van der Waals surface area contributed by atoms with Gasteiger partial charge in [0.15, 0.2) is 0 Å². The first-order valence-corrected chi connectivity index (χ1v) is 24.5. The van der Waals surface area contributed by atoms with Crippen molar-refractivity contribution < 1.29 is 32.8 Å². The van der Waals surface area contributed by atoms with Crippen LogP contribution in [0.5, 0.6) is 0 Å². The number of allylic oxidation sites excluding steroid dienone is 6. The minimum atomic E-state index is -4.28. The van der Waals surface area contributed by atoms with Gasteiger partial charge in [0.1, 0.15) is 6.10 Å². The van der Waals surface area contributed by atoms with Crippen molar-refractivity contribution >= 4 is 13.8 Å². The molecule has 0 rings (SSSR count). The van der Waals surface area contributed by atoms with Crippen LogP contribution in [0.4, 0.5) is 0 Å². The van der Waals surface area contributed by atoms with Crippen LogP contribution in [0.3, 0.4) is 0 Å². The van der Waals surface area contributed by atoms with Crippen LogP contribution in [0, 0.1) is 0 Å². The van der Waals surface area contributed by atoms with Gasteiger partial charge in [-0.25, -0.2) is 4.57 Å². The summed E-state index contributed by atoms with van der Waals surface area (Å²) in [4.78, 5) is 22.5. The maximum atomic E-state index is 12.6. The van der Waals surface area contributed by atoms with Crippen molar-refractivity contribution in [3.63, 3.8) is 0 Å². The zero-order chi connectivity index (χ0) is 40.2. The lowest BCUT2D eigenvalue weighted by Gasteiger charge is -2.20. The van der Waals surface area contributed by atoms with Crippen LogP contribution in [-0.4, -0.2) is 49.9 Å². The Bertz CT molecular complexity index is 941. The Labute approximate surface area is 339 Å². The predicted octanol–water partition coefficient (Wildman–Crippen LogP) is 13.8. The van der Waals surface area contributed by atoms with Crippen LogP contribution in [-0.2, 0) is 27.9 Å². The van der Waals surface area contributed by atoms with E-state index in [9.17, 15) is 14.3 Å². The van der Waals surface area contributed by atoms with Crippen molar-refractivity contribution in [3.8, 4) is 0 Å². The van der Waals surface area contributed by atoms with E-state index in [0.717, 1.165) is 57.8 Å². The standard InChI is InChI=1S/C46H88NO7P/c1-3-5-7-9-11-13-15-17-19-21-22-24-26-28-30-32-34-36-38-41-51-43-45(44-53-55(49,50)52-42-40-47)54-46(48)39-37-35-33-31-29-27-25-23-20-18-16-14-12-10-8-6-4-2/h6,8,12,14,18,20,45H,3-5,7,9-11,13,15-17,19,21-44,47H2,1-2H3,(H,49,50)/b8-6-,14-12-,20-18-. The molecule has 0 aliphatic carbocycles. The molecule has 0 amide bonds. The number of hydrogen-bond acceptors (Lipinski definition) is 7. The summed E-state index contributed by atoms with van der Waals surface area (Å²) in [5.74, 6) is -0.338. The average molecular weight is 798 g/mol. The minimum Gasteiger partial charge on any atom is -0.457 e. The SMILES string of the molecule is CC/C=C\C/C=C\C/C=C\CCCCCCCCCC(=O)OC(COCCCCCCCCCCCCCCCCCCCCC)COP(=O)(O)OCCN. The quantitative estimate of drug-likeness (QED) is 0.0271. The number of nitrogens with two attached hydrogens (primary N) is 1. The Hall–Kier alpha value is -1.28. The lowest BCUT2D eigenvalue weighted by atomic mass is 10.0. The minimum absolute atomic E-state index is 0.0966. The summed E-state index contributed by atoms with van der Waals surface area (Å²) < 4.78 is 33.5. The first kappa shape index (κ1) is 53.7. The molecule has 0 aliphatic rings. The number of unbranched alkanes of at least 4 members (excludes halogenated alkanes) is 25. The molecule has 0 spiro atoms. The molecule has 0 fully saturated rings.